The van der Waals surface area contributed by atoms with E-state index in [0.717, 1.165) is 28.7 Å². The third kappa shape index (κ3) is 4.37. The lowest BCUT2D eigenvalue weighted by Gasteiger charge is -2.14. The van der Waals surface area contributed by atoms with Crippen molar-refractivity contribution >= 4 is 79.9 Å². The number of halogens is 3. The van der Waals surface area contributed by atoms with Crippen LogP contribution in [0.15, 0.2) is 71.8 Å². The molecule has 5 rings (SSSR count). The number of hydrogen-bond acceptors (Lipinski definition) is 6. The number of amides is 1. The van der Waals surface area contributed by atoms with Gasteiger partial charge >= 0.3 is 0 Å². The Hall–Kier alpha value is -3.04. The van der Waals surface area contributed by atoms with Gasteiger partial charge < -0.3 is 4.74 Å². The molecule has 0 atom stereocenters. The van der Waals surface area contributed by atoms with Crippen molar-refractivity contribution in [2.75, 3.05) is 4.90 Å². The molecule has 0 aliphatic carbocycles. The maximum atomic E-state index is 14.3. The van der Waals surface area contributed by atoms with E-state index in [-0.39, 0.29) is 17.1 Å². The van der Waals surface area contributed by atoms with Crippen molar-refractivity contribution in [3.05, 3.63) is 93.5 Å². The van der Waals surface area contributed by atoms with Gasteiger partial charge in [0.2, 0.25) is 11.1 Å². The van der Waals surface area contributed by atoms with Crippen LogP contribution in [-0.2, 0) is 4.79 Å². The number of hydrogen-bond donors (Lipinski definition) is 0. The summed E-state index contributed by atoms with van der Waals surface area (Å²) in [5.74, 6) is -1.08. The minimum absolute atomic E-state index is 0.150. The molecule has 1 aliphatic rings. The van der Waals surface area contributed by atoms with Gasteiger partial charge in [-0.15, -0.1) is 0 Å². The zero-order chi connectivity index (χ0) is 23.8. The lowest BCUT2D eigenvalue weighted by molar-refractivity contribution is -0.113. The van der Waals surface area contributed by atoms with Gasteiger partial charge in [-0.3, -0.25) is 9.69 Å². The van der Waals surface area contributed by atoms with Gasteiger partial charge in [0.1, 0.15) is 5.75 Å². The van der Waals surface area contributed by atoms with Crippen molar-refractivity contribution in [3.8, 4) is 11.6 Å². The second-order valence-electron chi connectivity index (χ2n) is 7.09. The molecule has 0 N–H and O–H groups in total. The minimum Gasteiger partial charge on any atom is -0.436 e. The van der Waals surface area contributed by atoms with Crippen LogP contribution >= 0.6 is 47.2 Å². The average molecular weight is 528 g/mol. The first-order valence-electron chi connectivity index (χ1n) is 9.82. The molecule has 4 aromatic rings. The van der Waals surface area contributed by atoms with Crippen LogP contribution in [0.3, 0.4) is 0 Å². The van der Waals surface area contributed by atoms with Crippen molar-refractivity contribution < 1.29 is 13.9 Å². The molecule has 1 aromatic heterocycles. The SMILES string of the molecule is O=C1/C(=C/c2c(Oc3nc(Cl)ncc3F)ccc3ccccc23)SC(=S)N1c1ccc(Cl)cc1. The van der Waals surface area contributed by atoms with Gasteiger partial charge in [-0.05, 0) is 58.8 Å². The van der Waals surface area contributed by atoms with E-state index < -0.39 is 5.82 Å². The Morgan fingerprint density at radius 2 is 1.82 bits per heavy atom. The van der Waals surface area contributed by atoms with Gasteiger partial charge in [0.25, 0.3) is 11.8 Å². The van der Waals surface area contributed by atoms with Crippen molar-refractivity contribution in [2.24, 2.45) is 0 Å². The summed E-state index contributed by atoms with van der Waals surface area (Å²) >= 11 is 18.4. The first-order valence-corrected chi connectivity index (χ1v) is 11.8. The highest BCUT2D eigenvalue weighted by molar-refractivity contribution is 8.27. The molecule has 1 aliphatic heterocycles. The molecule has 0 bridgehead atoms. The highest BCUT2D eigenvalue weighted by atomic mass is 35.5. The predicted molar refractivity (Wildman–Crippen MR) is 138 cm³/mol. The van der Waals surface area contributed by atoms with Gasteiger partial charge in [-0.25, -0.2) is 4.98 Å². The maximum absolute atomic E-state index is 14.3. The summed E-state index contributed by atoms with van der Waals surface area (Å²) in [6.07, 6.45) is 2.62. The van der Waals surface area contributed by atoms with E-state index in [4.69, 9.17) is 40.2 Å². The molecule has 168 valence electrons. The number of carbonyl (C=O) groups excluding carboxylic acids is 1. The molecular weight excluding hydrogens is 516 g/mol. The van der Waals surface area contributed by atoms with Crippen molar-refractivity contribution in [2.45, 2.75) is 0 Å². The summed E-state index contributed by atoms with van der Waals surface area (Å²) in [5, 5.41) is 2.12. The summed E-state index contributed by atoms with van der Waals surface area (Å²) < 4.78 is 20.4. The standard InChI is InChI=1S/C24H12Cl2FN3O2S2/c25-14-6-8-15(9-7-14)30-22(31)20(34-24(30)33)11-17-16-4-2-1-3-13(16)5-10-19(17)32-21-18(27)12-28-23(26)29-21/h1-12H/b20-11-. The highest BCUT2D eigenvalue weighted by Crippen LogP contribution is 2.40. The van der Waals surface area contributed by atoms with Crippen LogP contribution < -0.4 is 9.64 Å². The summed E-state index contributed by atoms with van der Waals surface area (Å²) in [5.41, 5.74) is 1.19. The Morgan fingerprint density at radius 3 is 2.62 bits per heavy atom. The van der Waals surface area contributed by atoms with Crippen LogP contribution in [0.1, 0.15) is 5.56 Å². The molecule has 1 fully saturated rings. The van der Waals surface area contributed by atoms with E-state index in [1.54, 1.807) is 36.4 Å². The summed E-state index contributed by atoms with van der Waals surface area (Å²) in [4.78, 5) is 22.6. The molecule has 0 radical (unpaired) electrons. The fourth-order valence-corrected chi connectivity index (χ4v) is 4.96. The molecular formula is C24H12Cl2FN3O2S2. The zero-order valence-corrected chi connectivity index (χ0v) is 20.2. The van der Waals surface area contributed by atoms with Crippen LogP contribution in [0.4, 0.5) is 10.1 Å². The second-order valence-corrected chi connectivity index (χ2v) is 9.54. The molecule has 5 nitrogen and oxygen atoms in total. The van der Waals surface area contributed by atoms with E-state index in [1.807, 2.05) is 30.3 Å². The normalized spacial score (nSPS) is 14.9. The Labute approximate surface area is 213 Å². The monoisotopic (exact) mass is 527 g/mol. The van der Waals surface area contributed by atoms with Crippen molar-refractivity contribution in [1.29, 1.82) is 0 Å². The van der Waals surface area contributed by atoms with E-state index in [0.29, 0.717) is 31.2 Å². The third-order valence-electron chi connectivity index (χ3n) is 4.97. The largest absolute Gasteiger partial charge is 0.436 e. The number of rotatable bonds is 4. The molecule has 10 heteroatoms. The quantitative estimate of drug-likeness (QED) is 0.158. The first kappa shape index (κ1) is 22.7. The Morgan fingerprint density at radius 1 is 1.06 bits per heavy atom. The molecule has 0 unspecified atom stereocenters. The van der Waals surface area contributed by atoms with Gasteiger partial charge in [-0.2, -0.15) is 9.37 Å². The Bertz CT molecular complexity index is 1500. The molecule has 0 saturated carbocycles. The lowest BCUT2D eigenvalue weighted by Crippen LogP contribution is -2.27. The maximum Gasteiger partial charge on any atom is 0.270 e. The van der Waals surface area contributed by atoms with E-state index >= 15 is 0 Å². The predicted octanol–water partition coefficient (Wildman–Crippen LogP) is 7.27. The number of thiocarbonyl (C=S) groups is 1. The number of aromatic nitrogens is 2. The van der Waals surface area contributed by atoms with Gasteiger partial charge in [0, 0.05) is 10.6 Å². The summed E-state index contributed by atoms with van der Waals surface area (Å²) in [6, 6.07) is 17.9. The number of carbonyl (C=O) groups is 1. The molecule has 3 aromatic carbocycles. The topological polar surface area (TPSA) is 55.3 Å². The van der Waals surface area contributed by atoms with Gasteiger partial charge in [-0.1, -0.05) is 65.9 Å². The highest BCUT2D eigenvalue weighted by Gasteiger charge is 2.33. The lowest BCUT2D eigenvalue weighted by atomic mass is 10.0. The fourth-order valence-electron chi connectivity index (χ4n) is 3.43. The Kier molecular flexibility index (Phi) is 6.22. The number of benzene rings is 3. The molecule has 2 heterocycles. The van der Waals surface area contributed by atoms with E-state index in [9.17, 15) is 9.18 Å². The fraction of sp³-hybridized carbons (Fsp3) is 0. The number of anilines is 1. The number of fused-ring (bicyclic) bond motifs is 1. The number of thioether (sulfide) groups is 1. The number of ether oxygens (including phenoxy) is 1. The van der Waals surface area contributed by atoms with Gasteiger partial charge in [0.15, 0.2) is 4.32 Å². The van der Waals surface area contributed by atoms with Crippen molar-refractivity contribution in [3.63, 3.8) is 0 Å². The van der Waals surface area contributed by atoms with Gasteiger partial charge in [0.05, 0.1) is 16.8 Å². The third-order valence-corrected chi connectivity index (χ3v) is 6.71. The smallest absolute Gasteiger partial charge is 0.270 e. The van der Waals surface area contributed by atoms with Crippen LogP contribution in [-0.4, -0.2) is 20.2 Å². The molecule has 1 amide bonds. The summed E-state index contributed by atoms with van der Waals surface area (Å²) in [6.45, 7) is 0. The van der Waals surface area contributed by atoms with E-state index in [2.05, 4.69) is 9.97 Å². The second kappa shape index (κ2) is 9.31. The first-order chi connectivity index (χ1) is 16.4. The van der Waals surface area contributed by atoms with Crippen LogP contribution in [0.5, 0.6) is 11.6 Å². The minimum atomic E-state index is -0.766. The van der Waals surface area contributed by atoms with Crippen LogP contribution in [0.2, 0.25) is 10.3 Å². The molecule has 34 heavy (non-hydrogen) atoms. The zero-order valence-electron chi connectivity index (χ0n) is 17.0. The van der Waals surface area contributed by atoms with Crippen molar-refractivity contribution in [1.82, 2.24) is 9.97 Å². The average Bonchev–Trinajstić information content (AvgIpc) is 3.11. The van der Waals surface area contributed by atoms with E-state index in [1.165, 1.54) is 4.90 Å². The Balaban J connectivity index is 1.60. The van der Waals surface area contributed by atoms with Crippen LogP contribution in [0.25, 0.3) is 16.8 Å². The molecule has 1 saturated heterocycles. The van der Waals surface area contributed by atoms with Crippen LogP contribution in [0, 0.1) is 5.82 Å². The summed E-state index contributed by atoms with van der Waals surface area (Å²) in [7, 11) is 0. The molecule has 0 spiro atoms. The number of nitrogens with zero attached hydrogens (tertiary/aromatic N) is 3.